The van der Waals surface area contributed by atoms with Gasteiger partial charge in [0, 0.05) is 32.6 Å². The van der Waals surface area contributed by atoms with Gasteiger partial charge in [0.25, 0.3) is 0 Å². The fraction of sp³-hybridized carbons (Fsp3) is 0.0189. The Kier molecular flexibility index (Phi) is 6.43. The molecule has 9 aromatic carbocycles. The second kappa shape index (κ2) is 11.7. The van der Waals surface area contributed by atoms with Gasteiger partial charge in [-0.2, -0.15) is 0 Å². The molecule has 1 aliphatic rings. The first-order chi connectivity index (χ1) is 27.3. The Morgan fingerprint density at radius 1 is 0.309 bits per heavy atom. The van der Waals surface area contributed by atoms with Crippen LogP contribution in [0.5, 0.6) is 0 Å². The summed E-state index contributed by atoms with van der Waals surface area (Å²) in [6.07, 6.45) is 0.967. The average molecular weight is 699 g/mol. The molecule has 0 spiro atoms. The van der Waals surface area contributed by atoms with E-state index >= 15 is 0 Å². The fourth-order valence-corrected chi connectivity index (χ4v) is 9.55. The van der Waals surface area contributed by atoms with Gasteiger partial charge in [0.05, 0.1) is 27.8 Å². The van der Waals surface area contributed by atoms with Crippen LogP contribution in [0.25, 0.3) is 99.1 Å². The van der Waals surface area contributed by atoms with E-state index in [-0.39, 0.29) is 0 Å². The molecule has 2 aromatic heterocycles. The Hall–Kier alpha value is -7.16. The molecule has 0 N–H and O–H groups in total. The van der Waals surface area contributed by atoms with Crippen molar-refractivity contribution in [3.8, 4) is 44.8 Å². The summed E-state index contributed by atoms with van der Waals surface area (Å²) in [6, 6.07) is 71.6. The second-order valence-electron chi connectivity index (χ2n) is 14.8. The fourth-order valence-electron chi connectivity index (χ4n) is 9.55. The highest BCUT2D eigenvalue weighted by atomic mass is 15.0. The molecule has 0 saturated carbocycles. The molecule has 55 heavy (non-hydrogen) atoms. The number of benzene rings is 9. The molecule has 0 fully saturated rings. The topological polar surface area (TPSA) is 9.86 Å². The van der Waals surface area contributed by atoms with Crippen LogP contribution in [0, 0.1) is 0 Å². The third-order valence-electron chi connectivity index (χ3n) is 12.0. The largest absolute Gasteiger partial charge is 0.309 e. The lowest BCUT2D eigenvalue weighted by molar-refractivity contribution is 1.18. The number of hydrogen-bond donors (Lipinski definition) is 0. The van der Waals surface area contributed by atoms with E-state index in [1.807, 2.05) is 0 Å². The van der Waals surface area contributed by atoms with Crippen molar-refractivity contribution < 1.29 is 0 Å². The number of aromatic nitrogens is 2. The number of nitrogens with zero attached hydrogens (tertiary/aromatic N) is 2. The molecule has 2 nitrogen and oxygen atoms in total. The van der Waals surface area contributed by atoms with Crippen molar-refractivity contribution in [2.45, 2.75) is 6.42 Å². The molecule has 2 heteroatoms. The van der Waals surface area contributed by atoms with Crippen LogP contribution in [0.4, 0.5) is 0 Å². The minimum atomic E-state index is 0.967. The van der Waals surface area contributed by atoms with Gasteiger partial charge in [-0.3, -0.25) is 0 Å². The SMILES string of the molecule is c1ccc(-n2c3ccccc3c3ccc(-c4ccc5c(c4)c4ccccc4n5-c4cccc5c(-c6cccc7c6Cc6ccccc6-7)cccc45)cc32)cc1. The lowest BCUT2D eigenvalue weighted by Gasteiger charge is -2.16. The summed E-state index contributed by atoms with van der Waals surface area (Å²) < 4.78 is 4.87. The van der Waals surface area contributed by atoms with Crippen molar-refractivity contribution in [1.29, 1.82) is 0 Å². The zero-order valence-corrected chi connectivity index (χ0v) is 30.1. The van der Waals surface area contributed by atoms with E-state index < -0.39 is 0 Å². The van der Waals surface area contributed by atoms with Crippen molar-refractivity contribution in [3.05, 3.63) is 205 Å². The summed E-state index contributed by atoms with van der Waals surface area (Å²) in [6.45, 7) is 0. The molecule has 0 atom stereocenters. The van der Waals surface area contributed by atoms with Crippen LogP contribution in [0.15, 0.2) is 194 Å². The van der Waals surface area contributed by atoms with E-state index in [0.29, 0.717) is 0 Å². The van der Waals surface area contributed by atoms with Gasteiger partial charge in [0.15, 0.2) is 0 Å². The van der Waals surface area contributed by atoms with Crippen molar-refractivity contribution in [3.63, 3.8) is 0 Å². The van der Waals surface area contributed by atoms with E-state index in [2.05, 4.69) is 203 Å². The number of fused-ring (bicyclic) bond motifs is 10. The van der Waals surface area contributed by atoms with Crippen LogP contribution < -0.4 is 0 Å². The minimum absolute atomic E-state index is 0.967. The van der Waals surface area contributed by atoms with Crippen LogP contribution in [0.3, 0.4) is 0 Å². The summed E-state index contributed by atoms with van der Waals surface area (Å²) in [5.74, 6) is 0. The van der Waals surface area contributed by atoms with Gasteiger partial charge < -0.3 is 9.13 Å². The first kappa shape index (κ1) is 30.3. The molecule has 0 unspecified atom stereocenters. The van der Waals surface area contributed by atoms with Crippen LogP contribution in [-0.2, 0) is 6.42 Å². The van der Waals surface area contributed by atoms with Gasteiger partial charge in [-0.15, -0.1) is 0 Å². The molecule has 0 aliphatic heterocycles. The third kappa shape index (κ3) is 4.43. The second-order valence-corrected chi connectivity index (χ2v) is 14.8. The van der Waals surface area contributed by atoms with Crippen molar-refractivity contribution in [2.75, 3.05) is 0 Å². The lowest BCUT2D eigenvalue weighted by atomic mass is 9.92. The van der Waals surface area contributed by atoms with Crippen LogP contribution in [-0.4, -0.2) is 9.13 Å². The number of rotatable bonds is 4. The van der Waals surface area contributed by atoms with Gasteiger partial charge in [-0.05, 0) is 105 Å². The molecular weight excluding hydrogens is 665 g/mol. The molecule has 0 bridgehead atoms. The molecule has 0 radical (unpaired) electrons. The summed E-state index contributed by atoms with van der Waals surface area (Å²) in [7, 11) is 0. The standard InChI is InChI=1S/C53H34N2/c1-2-14-37(15-3-1)54-49-24-8-6-17-44(49)46-29-27-35(33-53(46)54)34-28-30-52-48(31-34)45-18-7-9-25-50(45)55(52)51-26-12-22-41-40(20-11-23-43(41)51)42-21-10-19-39-38-16-5-4-13-36(38)32-47(39)42/h1-31,33H,32H2. The molecule has 0 amide bonds. The summed E-state index contributed by atoms with van der Waals surface area (Å²) in [5.41, 5.74) is 17.8. The Morgan fingerprint density at radius 2 is 0.873 bits per heavy atom. The monoisotopic (exact) mass is 698 g/mol. The maximum atomic E-state index is 2.47. The van der Waals surface area contributed by atoms with Crippen LogP contribution in [0.1, 0.15) is 11.1 Å². The smallest absolute Gasteiger partial charge is 0.0547 e. The summed E-state index contributed by atoms with van der Waals surface area (Å²) >= 11 is 0. The van der Waals surface area contributed by atoms with Gasteiger partial charge in [0.1, 0.15) is 0 Å². The predicted molar refractivity (Wildman–Crippen MR) is 232 cm³/mol. The molecule has 256 valence electrons. The molecule has 12 rings (SSSR count). The maximum absolute atomic E-state index is 2.47. The van der Waals surface area contributed by atoms with Gasteiger partial charge in [-0.1, -0.05) is 146 Å². The minimum Gasteiger partial charge on any atom is -0.309 e. The van der Waals surface area contributed by atoms with E-state index in [9.17, 15) is 0 Å². The van der Waals surface area contributed by atoms with Crippen molar-refractivity contribution in [2.24, 2.45) is 0 Å². The normalized spacial score (nSPS) is 12.3. The molecule has 0 saturated heterocycles. The highest BCUT2D eigenvalue weighted by Gasteiger charge is 2.23. The van der Waals surface area contributed by atoms with Crippen LogP contribution in [0.2, 0.25) is 0 Å². The first-order valence-corrected chi connectivity index (χ1v) is 19.1. The lowest BCUT2D eigenvalue weighted by Crippen LogP contribution is -1.96. The molecule has 1 aliphatic carbocycles. The molecular formula is C53H34N2. The van der Waals surface area contributed by atoms with Crippen molar-refractivity contribution in [1.82, 2.24) is 9.13 Å². The zero-order chi connectivity index (χ0) is 36.0. The van der Waals surface area contributed by atoms with E-state index in [0.717, 1.165) is 6.42 Å². The van der Waals surface area contributed by atoms with Crippen LogP contribution >= 0.6 is 0 Å². The molecule has 11 aromatic rings. The summed E-state index contributed by atoms with van der Waals surface area (Å²) in [5, 5.41) is 7.56. The van der Waals surface area contributed by atoms with E-state index in [4.69, 9.17) is 0 Å². The average Bonchev–Trinajstić information content (AvgIpc) is 3.91. The first-order valence-electron chi connectivity index (χ1n) is 19.1. The van der Waals surface area contributed by atoms with Gasteiger partial charge in [-0.25, -0.2) is 0 Å². The number of para-hydroxylation sites is 3. The van der Waals surface area contributed by atoms with E-state index in [1.165, 1.54) is 110 Å². The Labute approximate surface area is 318 Å². The van der Waals surface area contributed by atoms with Crippen molar-refractivity contribution >= 4 is 54.4 Å². The Bertz CT molecular complexity index is 3340. The summed E-state index contributed by atoms with van der Waals surface area (Å²) in [4.78, 5) is 0. The predicted octanol–water partition coefficient (Wildman–Crippen LogP) is 13.9. The quantitative estimate of drug-likeness (QED) is 0.173. The van der Waals surface area contributed by atoms with Gasteiger partial charge in [0.2, 0.25) is 0 Å². The van der Waals surface area contributed by atoms with Gasteiger partial charge >= 0.3 is 0 Å². The highest BCUT2D eigenvalue weighted by molar-refractivity contribution is 6.14. The Balaban J connectivity index is 1.04. The highest BCUT2D eigenvalue weighted by Crippen LogP contribution is 2.45. The number of hydrogen-bond acceptors (Lipinski definition) is 0. The third-order valence-corrected chi connectivity index (χ3v) is 12.0. The zero-order valence-electron chi connectivity index (χ0n) is 30.1. The Morgan fingerprint density at radius 3 is 1.75 bits per heavy atom. The maximum Gasteiger partial charge on any atom is 0.0547 e. The molecule has 2 heterocycles. The van der Waals surface area contributed by atoms with E-state index in [1.54, 1.807) is 0 Å².